The molecule has 1 aromatic carbocycles. The number of nitrogens with one attached hydrogen (secondary N) is 2. The summed E-state index contributed by atoms with van der Waals surface area (Å²) < 4.78 is 0.728. The fourth-order valence-electron chi connectivity index (χ4n) is 3.79. The molecule has 146 valence electrons. The summed E-state index contributed by atoms with van der Waals surface area (Å²) in [5.74, 6) is -0.0883. The molecular weight excluding hydrogens is 390 g/mol. The Labute approximate surface area is 175 Å². The molecule has 0 radical (unpaired) electrons. The summed E-state index contributed by atoms with van der Waals surface area (Å²) in [5, 5.41) is 11.5. The van der Waals surface area contributed by atoms with Gasteiger partial charge < -0.3 is 15.6 Å². The van der Waals surface area contributed by atoms with E-state index in [1.54, 1.807) is 6.92 Å². The third-order valence-electron chi connectivity index (χ3n) is 5.14. The Hall–Kier alpha value is -2.37. The predicted molar refractivity (Wildman–Crippen MR) is 118 cm³/mol. The van der Waals surface area contributed by atoms with Crippen molar-refractivity contribution in [2.75, 3.05) is 13.6 Å². The minimum absolute atomic E-state index is 0.00777. The van der Waals surface area contributed by atoms with E-state index in [1.165, 1.54) is 23.0 Å². The van der Waals surface area contributed by atoms with Crippen LogP contribution in [0.1, 0.15) is 41.3 Å². The van der Waals surface area contributed by atoms with Gasteiger partial charge in [0, 0.05) is 41.4 Å². The van der Waals surface area contributed by atoms with Gasteiger partial charge in [0.2, 0.25) is 5.91 Å². The van der Waals surface area contributed by atoms with Gasteiger partial charge in [0.15, 0.2) is 0 Å². The molecule has 28 heavy (non-hydrogen) atoms. The lowest BCUT2D eigenvalue weighted by atomic mass is 9.82. The number of carbonyl (C=O) groups excluding carboxylic acids is 1. The van der Waals surface area contributed by atoms with Gasteiger partial charge in [-0.2, -0.15) is 0 Å². The van der Waals surface area contributed by atoms with E-state index in [-0.39, 0.29) is 11.8 Å². The van der Waals surface area contributed by atoms with Gasteiger partial charge in [-0.25, -0.2) is 0 Å². The van der Waals surface area contributed by atoms with E-state index in [1.807, 2.05) is 43.1 Å². The second-order valence-corrected chi connectivity index (χ2v) is 8.63. The summed E-state index contributed by atoms with van der Waals surface area (Å²) in [6.07, 6.45) is 1.36. The van der Waals surface area contributed by atoms with Gasteiger partial charge in [-0.1, -0.05) is 42.4 Å². The number of amides is 1. The van der Waals surface area contributed by atoms with Crippen molar-refractivity contribution in [1.82, 2.24) is 10.2 Å². The number of benzene rings is 1. The van der Waals surface area contributed by atoms with Crippen molar-refractivity contribution in [3.05, 3.63) is 74.6 Å². The first-order valence-electron chi connectivity index (χ1n) is 9.10. The SMILES string of the molecule is C=CC(=O)N1Cc2sc(Cl)cc2[C@H](c2ccccc2/C(C(C)=N)=C(\C)NC)C1. The normalized spacial score (nSPS) is 16.9. The van der Waals surface area contributed by atoms with Gasteiger partial charge in [-0.15, -0.1) is 11.3 Å². The first kappa shape index (κ1) is 20.4. The highest BCUT2D eigenvalue weighted by Crippen LogP contribution is 2.42. The van der Waals surface area contributed by atoms with Crippen LogP contribution >= 0.6 is 22.9 Å². The van der Waals surface area contributed by atoms with Crippen LogP contribution in [-0.4, -0.2) is 30.1 Å². The molecule has 1 atom stereocenters. The lowest BCUT2D eigenvalue weighted by Crippen LogP contribution is -2.37. The van der Waals surface area contributed by atoms with E-state index in [2.05, 4.69) is 18.0 Å². The molecule has 4 nitrogen and oxygen atoms in total. The van der Waals surface area contributed by atoms with E-state index < -0.39 is 0 Å². The number of rotatable bonds is 5. The quantitative estimate of drug-likeness (QED) is 0.532. The zero-order valence-electron chi connectivity index (χ0n) is 16.3. The molecule has 2 aromatic rings. The number of allylic oxidation sites excluding steroid dienone is 2. The highest BCUT2D eigenvalue weighted by molar-refractivity contribution is 7.16. The number of thiophene rings is 1. The maximum absolute atomic E-state index is 12.4. The summed E-state index contributed by atoms with van der Waals surface area (Å²) in [4.78, 5) is 15.3. The van der Waals surface area contributed by atoms with Gasteiger partial charge in [0.1, 0.15) is 0 Å². The Kier molecular flexibility index (Phi) is 6.06. The molecule has 2 heterocycles. The second kappa shape index (κ2) is 8.33. The molecule has 3 rings (SSSR count). The number of halogens is 1. The molecule has 0 unspecified atom stereocenters. The fourth-order valence-corrected chi connectivity index (χ4v) is 5.14. The van der Waals surface area contributed by atoms with Crippen LogP contribution in [0.3, 0.4) is 0 Å². The zero-order valence-corrected chi connectivity index (χ0v) is 17.9. The van der Waals surface area contributed by atoms with Crippen molar-refractivity contribution in [3.8, 4) is 0 Å². The first-order chi connectivity index (χ1) is 13.4. The van der Waals surface area contributed by atoms with Crippen LogP contribution in [0.25, 0.3) is 5.57 Å². The van der Waals surface area contributed by atoms with Crippen LogP contribution in [0.4, 0.5) is 0 Å². The second-order valence-electron chi connectivity index (χ2n) is 6.87. The van der Waals surface area contributed by atoms with Crippen molar-refractivity contribution in [1.29, 1.82) is 5.41 Å². The summed E-state index contributed by atoms with van der Waals surface area (Å²) in [5.41, 5.74) is 5.59. The van der Waals surface area contributed by atoms with Crippen molar-refractivity contribution < 1.29 is 4.79 Å². The van der Waals surface area contributed by atoms with E-state index >= 15 is 0 Å². The standard InChI is InChI=1S/C22H24ClN3OS/c1-5-21(27)26-11-18(17-10-20(23)28-19(17)12-26)15-8-6-7-9-16(15)22(13(2)24)14(3)25-4/h5-10,18,24-25H,1,11-12H2,2-4H3/b22-14+,24-13?/t18-/m0/s1. The van der Waals surface area contributed by atoms with Gasteiger partial charge in [-0.3, -0.25) is 4.79 Å². The summed E-state index contributed by atoms with van der Waals surface area (Å²) in [6, 6.07) is 10.1. The highest BCUT2D eigenvalue weighted by atomic mass is 35.5. The van der Waals surface area contributed by atoms with E-state index in [0.29, 0.717) is 18.8 Å². The van der Waals surface area contributed by atoms with Crippen molar-refractivity contribution in [3.63, 3.8) is 0 Å². The predicted octanol–water partition coefficient (Wildman–Crippen LogP) is 5.05. The lowest BCUT2D eigenvalue weighted by molar-refractivity contribution is -0.127. The van der Waals surface area contributed by atoms with Crippen LogP contribution in [0, 0.1) is 5.41 Å². The number of hydrogen-bond acceptors (Lipinski definition) is 4. The van der Waals surface area contributed by atoms with Crippen molar-refractivity contribution in [2.24, 2.45) is 0 Å². The Bertz CT molecular complexity index is 976. The summed E-state index contributed by atoms with van der Waals surface area (Å²) in [6.45, 7) is 8.53. The van der Waals surface area contributed by atoms with E-state index in [9.17, 15) is 4.79 Å². The maximum atomic E-state index is 12.4. The Balaban J connectivity index is 2.19. The zero-order chi connectivity index (χ0) is 20.4. The largest absolute Gasteiger partial charge is 0.391 e. The van der Waals surface area contributed by atoms with Crippen LogP contribution in [0.2, 0.25) is 4.34 Å². The fraction of sp³-hybridized carbons (Fsp3) is 0.273. The van der Waals surface area contributed by atoms with Gasteiger partial charge in [0.05, 0.1) is 10.9 Å². The monoisotopic (exact) mass is 413 g/mol. The van der Waals surface area contributed by atoms with Gasteiger partial charge in [-0.05, 0) is 42.7 Å². The molecule has 0 spiro atoms. The van der Waals surface area contributed by atoms with Crippen LogP contribution in [0.15, 0.2) is 48.7 Å². The van der Waals surface area contributed by atoms with Crippen LogP contribution in [-0.2, 0) is 11.3 Å². The minimum atomic E-state index is -0.0805. The topological polar surface area (TPSA) is 56.2 Å². The molecule has 1 aromatic heterocycles. The van der Waals surface area contributed by atoms with Gasteiger partial charge >= 0.3 is 0 Å². The van der Waals surface area contributed by atoms with Crippen molar-refractivity contribution in [2.45, 2.75) is 26.3 Å². The molecule has 1 amide bonds. The molecule has 0 saturated carbocycles. The highest BCUT2D eigenvalue weighted by Gasteiger charge is 2.32. The van der Waals surface area contributed by atoms with E-state index in [0.717, 1.165) is 31.6 Å². The van der Waals surface area contributed by atoms with Crippen molar-refractivity contribution >= 4 is 40.1 Å². The van der Waals surface area contributed by atoms with Gasteiger partial charge in [0.25, 0.3) is 0 Å². The number of nitrogens with zero attached hydrogens (tertiary/aromatic N) is 1. The number of fused-ring (bicyclic) bond motifs is 1. The maximum Gasteiger partial charge on any atom is 0.246 e. The Morgan fingerprint density at radius 2 is 2.07 bits per heavy atom. The first-order valence-corrected chi connectivity index (χ1v) is 10.3. The third-order valence-corrected chi connectivity index (χ3v) is 6.41. The van der Waals surface area contributed by atoms with E-state index in [4.69, 9.17) is 17.0 Å². The number of carbonyl (C=O) groups is 1. The lowest BCUT2D eigenvalue weighted by Gasteiger charge is -2.34. The summed E-state index contributed by atoms with van der Waals surface area (Å²) >= 11 is 7.85. The smallest absolute Gasteiger partial charge is 0.246 e. The average molecular weight is 414 g/mol. The molecule has 2 N–H and O–H groups in total. The molecular formula is C22H24ClN3OS. The van der Waals surface area contributed by atoms with Crippen LogP contribution < -0.4 is 5.32 Å². The molecule has 1 aliphatic rings. The molecule has 0 saturated heterocycles. The third kappa shape index (κ3) is 3.77. The minimum Gasteiger partial charge on any atom is -0.391 e. The molecule has 0 fully saturated rings. The Morgan fingerprint density at radius 3 is 2.71 bits per heavy atom. The number of hydrogen-bond donors (Lipinski definition) is 2. The molecule has 0 aliphatic carbocycles. The summed E-state index contributed by atoms with van der Waals surface area (Å²) in [7, 11) is 1.86. The molecule has 6 heteroatoms. The average Bonchev–Trinajstić information content (AvgIpc) is 3.06. The molecule has 0 bridgehead atoms. The Morgan fingerprint density at radius 1 is 1.36 bits per heavy atom. The molecule has 1 aliphatic heterocycles. The van der Waals surface area contributed by atoms with Crippen LogP contribution in [0.5, 0.6) is 0 Å².